The number of hydrogen-bond donors (Lipinski definition) is 1. The van der Waals surface area contributed by atoms with Gasteiger partial charge >= 0.3 is 0 Å². The van der Waals surface area contributed by atoms with Gasteiger partial charge in [0.25, 0.3) is 0 Å². The Kier molecular flexibility index (Phi) is 4.19. The van der Waals surface area contributed by atoms with Gasteiger partial charge in [0.1, 0.15) is 0 Å². The van der Waals surface area contributed by atoms with E-state index in [1.807, 2.05) is 7.05 Å². The predicted octanol–water partition coefficient (Wildman–Crippen LogP) is 2.64. The Hall–Kier alpha value is -0.860. The first-order chi connectivity index (χ1) is 8.22. The maximum atomic E-state index is 3.24. The van der Waals surface area contributed by atoms with E-state index in [2.05, 4.69) is 48.5 Å². The van der Waals surface area contributed by atoms with E-state index in [0.29, 0.717) is 0 Å². The maximum Gasteiger partial charge on any atom is 0.0236 e. The van der Waals surface area contributed by atoms with Gasteiger partial charge < -0.3 is 5.32 Å². The average molecular weight is 232 g/mol. The molecular weight excluding hydrogens is 208 g/mol. The van der Waals surface area contributed by atoms with Gasteiger partial charge in [-0.15, -0.1) is 0 Å². The lowest BCUT2D eigenvalue weighted by molar-refractivity contribution is 0.226. The molecule has 0 amide bonds. The van der Waals surface area contributed by atoms with Crippen LogP contribution in [-0.4, -0.2) is 25.0 Å². The van der Waals surface area contributed by atoms with Gasteiger partial charge in [0.2, 0.25) is 0 Å². The monoisotopic (exact) mass is 232 g/mol. The van der Waals surface area contributed by atoms with Crippen LogP contribution in [-0.2, 0) is 13.1 Å². The van der Waals surface area contributed by atoms with Crippen molar-refractivity contribution >= 4 is 0 Å². The summed E-state index contributed by atoms with van der Waals surface area (Å²) < 4.78 is 0. The first-order valence-corrected chi connectivity index (χ1v) is 6.64. The lowest BCUT2D eigenvalue weighted by Gasteiger charge is -2.25. The normalized spacial score (nSPS) is 17.4. The summed E-state index contributed by atoms with van der Waals surface area (Å²) in [7, 11) is 4.26. The standard InChI is InChI=1S/C15H24N2/c1-12(13-8-9-13)17(3)11-15-7-5-4-6-14(15)10-16-2/h4-7,12-13,16H,8-11H2,1-3H3. The molecule has 0 heterocycles. The number of nitrogens with zero attached hydrogens (tertiary/aromatic N) is 1. The minimum Gasteiger partial charge on any atom is -0.316 e. The third kappa shape index (κ3) is 3.30. The summed E-state index contributed by atoms with van der Waals surface area (Å²) in [4.78, 5) is 2.49. The Balaban J connectivity index is 2.01. The third-order valence-electron chi connectivity index (χ3n) is 3.90. The molecule has 1 atom stereocenters. The van der Waals surface area contributed by atoms with Crippen molar-refractivity contribution < 1.29 is 0 Å². The van der Waals surface area contributed by atoms with Gasteiger partial charge in [0, 0.05) is 19.1 Å². The van der Waals surface area contributed by atoms with Crippen molar-refractivity contribution in [2.24, 2.45) is 5.92 Å². The SMILES string of the molecule is CNCc1ccccc1CN(C)C(C)C1CC1. The molecule has 1 unspecified atom stereocenters. The fourth-order valence-electron chi connectivity index (χ4n) is 2.43. The smallest absolute Gasteiger partial charge is 0.0236 e. The molecule has 1 aromatic carbocycles. The molecule has 2 heteroatoms. The second-order valence-electron chi connectivity index (χ2n) is 5.29. The van der Waals surface area contributed by atoms with Gasteiger partial charge in [-0.3, -0.25) is 4.90 Å². The van der Waals surface area contributed by atoms with Crippen molar-refractivity contribution in [3.63, 3.8) is 0 Å². The van der Waals surface area contributed by atoms with Crippen molar-refractivity contribution in [1.82, 2.24) is 10.2 Å². The van der Waals surface area contributed by atoms with Crippen LogP contribution in [0.4, 0.5) is 0 Å². The highest BCUT2D eigenvalue weighted by atomic mass is 15.1. The molecule has 0 radical (unpaired) electrons. The van der Waals surface area contributed by atoms with Crippen LogP contribution in [0.25, 0.3) is 0 Å². The highest BCUT2D eigenvalue weighted by Crippen LogP contribution is 2.35. The van der Waals surface area contributed by atoms with E-state index in [1.54, 1.807) is 0 Å². The highest BCUT2D eigenvalue weighted by molar-refractivity contribution is 5.27. The third-order valence-corrected chi connectivity index (χ3v) is 3.90. The zero-order chi connectivity index (χ0) is 12.3. The van der Waals surface area contributed by atoms with Gasteiger partial charge in [-0.05, 0) is 50.9 Å². The van der Waals surface area contributed by atoms with Gasteiger partial charge in [-0.25, -0.2) is 0 Å². The zero-order valence-corrected chi connectivity index (χ0v) is 11.2. The van der Waals surface area contributed by atoms with Crippen LogP contribution in [0.15, 0.2) is 24.3 Å². The fourth-order valence-corrected chi connectivity index (χ4v) is 2.43. The molecule has 1 aliphatic rings. The maximum absolute atomic E-state index is 3.24. The Morgan fingerprint density at radius 3 is 2.53 bits per heavy atom. The molecule has 2 rings (SSSR count). The molecule has 17 heavy (non-hydrogen) atoms. The Morgan fingerprint density at radius 2 is 1.94 bits per heavy atom. The lowest BCUT2D eigenvalue weighted by atomic mass is 10.1. The number of nitrogens with one attached hydrogen (secondary N) is 1. The van der Waals surface area contributed by atoms with Crippen molar-refractivity contribution in [1.29, 1.82) is 0 Å². The molecule has 1 aromatic rings. The molecule has 0 spiro atoms. The summed E-state index contributed by atoms with van der Waals surface area (Å²) >= 11 is 0. The van der Waals surface area contributed by atoms with Crippen molar-refractivity contribution in [3.8, 4) is 0 Å². The van der Waals surface area contributed by atoms with Crippen molar-refractivity contribution in [3.05, 3.63) is 35.4 Å². The van der Waals surface area contributed by atoms with E-state index < -0.39 is 0 Å². The molecule has 0 bridgehead atoms. The Labute approximate surface area is 105 Å². The number of rotatable bonds is 6. The molecule has 0 aliphatic heterocycles. The second-order valence-corrected chi connectivity index (χ2v) is 5.29. The molecule has 0 saturated heterocycles. The minimum atomic E-state index is 0.720. The summed E-state index contributed by atoms with van der Waals surface area (Å²) in [5.74, 6) is 0.941. The van der Waals surface area contributed by atoms with Gasteiger partial charge in [0.15, 0.2) is 0 Å². The van der Waals surface area contributed by atoms with Crippen molar-refractivity contribution in [2.75, 3.05) is 14.1 Å². The summed E-state index contributed by atoms with van der Waals surface area (Å²) in [6.45, 7) is 4.38. The van der Waals surface area contributed by atoms with E-state index in [4.69, 9.17) is 0 Å². The minimum absolute atomic E-state index is 0.720. The van der Waals surface area contributed by atoms with E-state index in [1.165, 1.54) is 24.0 Å². The van der Waals surface area contributed by atoms with Crippen LogP contribution in [0.5, 0.6) is 0 Å². The van der Waals surface area contributed by atoms with Crippen LogP contribution < -0.4 is 5.32 Å². The largest absolute Gasteiger partial charge is 0.316 e. The topological polar surface area (TPSA) is 15.3 Å². The molecule has 94 valence electrons. The first kappa shape index (κ1) is 12.6. The van der Waals surface area contributed by atoms with E-state index in [9.17, 15) is 0 Å². The van der Waals surface area contributed by atoms with Gasteiger partial charge in [-0.1, -0.05) is 24.3 Å². The van der Waals surface area contributed by atoms with Crippen LogP contribution in [0.1, 0.15) is 30.9 Å². The summed E-state index contributed by atoms with van der Waals surface area (Å²) in [6, 6.07) is 9.46. The summed E-state index contributed by atoms with van der Waals surface area (Å²) in [5.41, 5.74) is 2.88. The highest BCUT2D eigenvalue weighted by Gasteiger charge is 2.30. The zero-order valence-electron chi connectivity index (χ0n) is 11.2. The van der Waals surface area contributed by atoms with Crippen LogP contribution >= 0.6 is 0 Å². The number of hydrogen-bond acceptors (Lipinski definition) is 2. The fraction of sp³-hybridized carbons (Fsp3) is 0.600. The van der Waals surface area contributed by atoms with E-state index >= 15 is 0 Å². The molecule has 1 aliphatic carbocycles. The van der Waals surface area contributed by atoms with Crippen LogP contribution in [0.3, 0.4) is 0 Å². The van der Waals surface area contributed by atoms with Gasteiger partial charge in [0.05, 0.1) is 0 Å². The second kappa shape index (κ2) is 5.65. The molecule has 2 nitrogen and oxygen atoms in total. The molecule has 1 saturated carbocycles. The molecular formula is C15H24N2. The summed E-state index contributed by atoms with van der Waals surface area (Å²) in [5, 5.41) is 3.24. The Morgan fingerprint density at radius 1 is 1.29 bits per heavy atom. The average Bonchev–Trinajstić information content (AvgIpc) is 3.15. The predicted molar refractivity (Wildman–Crippen MR) is 72.9 cm³/mol. The molecule has 0 aromatic heterocycles. The van der Waals surface area contributed by atoms with Gasteiger partial charge in [-0.2, -0.15) is 0 Å². The molecule has 1 fully saturated rings. The molecule has 1 N–H and O–H groups in total. The van der Waals surface area contributed by atoms with Crippen molar-refractivity contribution in [2.45, 2.75) is 38.9 Å². The summed E-state index contributed by atoms with van der Waals surface area (Å²) in [6.07, 6.45) is 2.84. The quantitative estimate of drug-likeness (QED) is 0.811. The number of benzene rings is 1. The Bertz CT molecular complexity index is 358. The van der Waals surface area contributed by atoms with Crippen LogP contribution in [0.2, 0.25) is 0 Å². The lowest BCUT2D eigenvalue weighted by Crippen LogP contribution is -2.30. The first-order valence-electron chi connectivity index (χ1n) is 6.64. The van der Waals surface area contributed by atoms with E-state index in [0.717, 1.165) is 25.0 Å². The van der Waals surface area contributed by atoms with E-state index in [-0.39, 0.29) is 0 Å². The van der Waals surface area contributed by atoms with Crippen LogP contribution in [0, 0.1) is 5.92 Å².